The normalized spacial score (nSPS) is 13.2. The Bertz CT molecular complexity index is 2890. The first-order valence-corrected chi connectivity index (χ1v) is 23.6. The quantitative estimate of drug-likeness (QED) is 0.128. The minimum Gasteiger partial charge on any atom is -0.457 e. The van der Waals surface area contributed by atoms with Crippen molar-refractivity contribution in [3.05, 3.63) is 132 Å². The van der Waals surface area contributed by atoms with Crippen molar-refractivity contribution in [1.29, 1.82) is 0 Å². The summed E-state index contributed by atoms with van der Waals surface area (Å²) in [6.45, 7) is 17.7. The molecule has 0 aliphatic heterocycles. The van der Waals surface area contributed by atoms with Crippen LogP contribution in [0.4, 0.5) is 26.3 Å². The van der Waals surface area contributed by atoms with Crippen LogP contribution < -0.4 is 4.74 Å². The molecule has 0 aliphatic rings. The highest BCUT2D eigenvalue weighted by molar-refractivity contribution is 7.22. The number of ether oxygens (including phenoxy) is 1. The van der Waals surface area contributed by atoms with Gasteiger partial charge >= 0.3 is 12.4 Å². The van der Waals surface area contributed by atoms with Crippen LogP contribution >= 0.6 is 22.7 Å². The highest BCUT2D eigenvalue weighted by atomic mass is 32.1. The summed E-state index contributed by atoms with van der Waals surface area (Å²) in [5, 5.41) is 1.47. The van der Waals surface area contributed by atoms with Crippen LogP contribution in [0.2, 0.25) is 0 Å². The molecule has 4 aromatic heterocycles. The summed E-state index contributed by atoms with van der Waals surface area (Å²) in [6.07, 6.45) is -5.41. The van der Waals surface area contributed by atoms with Crippen LogP contribution in [0.15, 0.2) is 109 Å². The third-order valence-electron chi connectivity index (χ3n) is 12.2. The molecule has 0 saturated carbocycles. The van der Waals surface area contributed by atoms with E-state index in [1.54, 1.807) is 36.7 Å². The predicted octanol–water partition coefficient (Wildman–Crippen LogP) is 17.0. The number of hydrogen-bond donors (Lipinski definition) is 0. The van der Waals surface area contributed by atoms with Crippen LogP contribution in [0.3, 0.4) is 0 Å². The van der Waals surface area contributed by atoms with E-state index >= 15 is 0 Å². The molecule has 8 aromatic rings. The molecular formula is C54H52F6N4OS2. The van der Waals surface area contributed by atoms with Gasteiger partial charge in [0.1, 0.15) is 21.5 Å². The summed E-state index contributed by atoms with van der Waals surface area (Å²) in [7, 11) is 0. The Hall–Kier alpha value is -5.66. The van der Waals surface area contributed by atoms with Crippen molar-refractivity contribution in [2.75, 3.05) is 0 Å². The van der Waals surface area contributed by atoms with E-state index in [9.17, 15) is 26.3 Å². The first-order chi connectivity index (χ1) is 31.1. The molecule has 0 unspecified atom stereocenters. The fourth-order valence-electron chi connectivity index (χ4n) is 7.71. The molecule has 0 bridgehead atoms. The van der Waals surface area contributed by atoms with Gasteiger partial charge in [-0.3, -0.25) is 9.97 Å². The fraction of sp³-hybridized carbons (Fsp3) is 0.333. The molecule has 0 aliphatic carbocycles. The van der Waals surface area contributed by atoms with Gasteiger partial charge in [0.2, 0.25) is 0 Å². The zero-order chi connectivity index (χ0) is 48.5. The lowest BCUT2D eigenvalue weighted by molar-refractivity contribution is -0.211. The maximum absolute atomic E-state index is 13.6. The van der Waals surface area contributed by atoms with Gasteiger partial charge in [-0.25, -0.2) is 9.97 Å². The average Bonchev–Trinajstić information content (AvgIpc) is 3.88. The number of aromatic nitrogens is 4. The number of alkyl halides is 6. The summed E-state index contributed by atoms with van der Waals surface area (Å²) in [5.41, 5.74) is 5.36. The van der Waals surface area contributed by atoms with Crippen LogP contribution in [0.25, 0.3) is 64.1 Å². The maximum atomic E-state index is 13.6. The minimum absolute atomic E-state index is 0.126. The molecule has 5 nitrogen and oxygen atoms in total. The Kier molecular flexibility index (Phi) is 12.2. The van der Waals surface area contributed by atoms with E-state index < -0.39 is 23.2 Å². The van der Waals surface area contributed by atoms with E-state index in [0.29, 0.717) is 22.6 Å². The lowest BCUT2D eigenvalue weighted by Gasteiger charge is -2.27. The number of pyridine rings is 2. The van der Waals surface area contributed by atoms with Crippen molar-refractivity contribution in [2.45, 2.75) is 105 Å². The van der Waals surface area contributed by atoms with Gasteiger partial charge in [0.05, 0.1) is 42.7 Å². The van der Waals surface area contributed by atoms with Crippen molar-refractivity contribution in [2.24, 2.45) is 10.8 Å². The monoisotopic (exact) mass is 950 g/mol. The van der Waals surface area contributed by atoms with Gasteiger partial charge in [-0.05, 0) is 94.5 Å². The number of benzene rings is 4. The molecule has 0 amide bonds. The van der Waals surface area contributed by atoms with Crippen molar-refractivity contribution < 1.29 is 31.1 Å². The molecule has 0 radical (unpaired) electrons. The maximum Gasteiger partial charge on any atom is 0.394 e. The van der Waals surface area contributed by atoms with Gasteiger partial charge < -0.3 is 4.74 Å². The smallest absolute Gasteiger partial charge is 0.394 e. The minimum atomic E-state index is -4.32. The van der Waals surface area contributed by atoms with Gasteiger partial charge in [0.25, 0.3) is 0 Å². The number of thiazole rings is 2. The molecule has 67 heavy (non-hydrogen) atoms. The van der Waals surface area contributed by atoms with Crippen LogP contribution in [0, 0.1) is 10.8 Å². The second-order valence-corrected chi connectivity index (χ2v) is 22.7. The van der Waals surface area contributed by atoms with E-state index in [-0.39, 0.29) is 23.7 Å². The van der Waals surface area contributed by atoms with E-state index in [1.165, 1.54) is 50.4 Å². The van der Waals surface area contributed by atoms with Crippen molar-refractivity contribution in [3.63, 3.8) is 0 Å². The van der Waals surface area contributed by atoms with Crippen LogP contribution in [-0.4, -0.2) is 32.3 Å². The topological polar surface area (TPSA) is 60.8 Å². The van der Waals surface area contributed by atoms with Crippen LogP contribution in [-0.2, 0) is 23.7 Å². The number of fused-ring (bicyclic) bond motifs is 2. The SMILES string of the molecule is CC(C)(C)c1cc(Oc2cc(-c3nccc4nc(-c5ccc(CC(C)(C)C(F)(F)F)cc5)sc34)cc(C(C)(C)C)c2)cc(-c2nccc3nc(-c4ccc(CC(C)(C)C(F)(F)F)cc4)sc23)c1. The van der Waals surface area contributed by atoms with E-state index in [0.717, 1.165) is 75.2 Å². The van der Waals surface area contributed by atoms with Crippen molar-refractivity contribution in [1.82, 2.24) is 19.9 Å². The highest BCUT2D eigenvalue weighted by Crippen LogP contribution is 2.45. The molecule has 348 valence electrons. The van der Waals surface area contributed by atoms with Gasteiger partial charge in [-0.2, -0.15) is 26.3 Å². The molecule has 0 saturated heterocycles. The first-order valence-electron chi connectivity index (χ1n) is 22.0. The summed E-state index contributed by atoms with van der Waals surface area (Å²) in [4.78, 5) is 19.6. The van der Waals surface area contributed by atoms with Gasteiger partial charge in [-0.15, -0.1) is 22.7 Å². The second kappa shape index (κ2) is 17.1. The van der Waals surface area contributed by atoms with Crippen LogP contribution in [0.1, 0.15) is 91.5 Å². The molecule has 8 rings (SSSR count). The second-order valence-electron chi connectivity index (χ2n) is 20.7. The molecule has 0 fully saturated rings. The third-order valence-corrected chi connectivity index (χ3v) is 14.4. The number of hydrogen-bond acceptors (Lipinski definition) is 7. The van der Waals surface area contributed by atoms with Gasteiger partial charge in [0.15, 0.2) is 0 Å². The Morgan fingerprint density at radius 3 is 1.13 bits per heavy atom. The Morgan fingerprint density at radius 1 is 0.448 bits per heavy atom. The highest BCUT2D eigenvalue weighted by Gasteiger charge is 2.47. The molecule has 0 atom stereocenters. The summed E-state index contributed by atoms with van der Waals surface area (Å²) < 4.78 is 90.4. The Morgan fingerprint density at radius 2 is 0.806 bits per heavy atom. The lowest BCUT2D eigenvalue weighted by atomic mass is 9.85. The molecule has 4 heterocycles. The summed E-state index contributed by atoms with van der Waals surface area (Å²) in [5.74, 6) is 1.24. The Balaban J connectivity index is 1.14. The molecule has 0 N–H and O–H groups in total. The standard InChI is InChI=1S/C54H52F6N4OS2/c1-49(2,3)37-23-35(43-45-41(19-21-61-43)63-47(66-45)33-15-11-31(12-16-33)29-51(7,8)53(55,56)57)25-39(27-37)65-40-26-36(24-38(28-40)50(4,5)6)44-46-42(20-22-62-44)64-48(67-46)34-17-13-32(14-18-34)30-52(9,10)54(58,59)60/h11-28H,29-30H2,1-10H3. The molecule has 0 spiro atoms. The summed E-state index contributed by atoms with van der Waals surface area (Å²) >= 11 is 2.97. The van der Waals surface area contributed by atoms with Crippen molar-refractivity contribution >= 4 is 43.1 Å². The zero-order valence-corrected chi connectivity index (χ0v) is 40.7. The van der Waals surface area contributed by atoms with E-state index in [2.05, 4.69) is 65.8 Å². The number of halogens is 6. The van der Waals surface area contributed by atoms with Gasteiger partial charge in [0, 0.05) is 34.6 Å². The van der Waals surface area contributed by atoms with E-state index in [1.807, 2.05) is 48.5 Å². The molecular weight excluding hydrogens is 899 g/mol. The first kappa shape index (κ1) is 47.8. The van der Waals surface area contributed by atoms with Crippen LogP contribution in [0.5, 0.6) is 11.5 Å². The third kappa shape index (κ3) is 10.1. The Labute approximate surface area is 395 Å². The summed E-state index contributed by atoms with van der Waals surface area (Å²) in [6, 6.07) is 30.3. The molecule has 13 heteroatoms. The largest absolute Gasteiger partial charge is 0.457 e. The number of nitrogens with zero attached hydrogens (tertiary/aromatic N) is 4. The van der Waals surface area contributed by atoms with Crippen molar-refractivity contribution in [3.8, 4) is 55.2 Å². The van der Waals surface area contributed by atoms with Gasteiger partial charge in [-0.1, -0.05) is 118 Å². The molecule has 4 aromatic carbocycles. The zero-order valence-electron chi connectivity index (χ0n) is 39.1. The number of rotatable bonds is 10. The lowest BCUT2D eigenvalue weighted by Crippen LogP contribution is -2.34. The predicted molar refractivity (Wildman–Crippen MR) is 261 cm³/mol. The van der Waals surface area contributed by atoms with E-state index in [4.69, 9.17) is 24.7 Å². The fourth-order valence-corrected chi connectivity index (χ4v) is 9.87. The average molecular weight is 951 g/mol.